The van der Waals surface area contributed by atoms with Crippen LogP contribution in [0.15, 0.2) is 66.7 Å². The van der Waals surface area contributed by atoms with Crippen molar-refractivity contribution in [3.05, 3.63) is 100 Å². The molecule has 3 aromatic rings. The van der Waals surface area contributed by atoms with Gasteiger partial charge in [0.2, 0.25) is 0 Å². The van der Waals surface area contributed by atoms with Crippen LogP contribution in [0.4, 0.5) is 0 Å². The number of phenols is 1. The molecule has 0 radical (unpaired) electrons. The summed E-state index contributed by atoms with van der Waals surface area (Å²) in [5.41, 5.74) is 6.55. The zero-order valence-corrected chi connectivity index (χ0v) is 21.6. The van der Waals surface area contributed by atoms with Crippen molar-refractivity contribution in [3.8, 4) is 5.75 Å². The molecule has 0 saturated carbocycles. The predicted octanol–water partition coefficient (Wildman–Crippen LogP) is 8.12. The van der Waals surface area contributed by atoms with Gasteiger partial charge in [0, 0.05) is 5.41 Å². The predicted molar refractivity (Wildman–Crippen MR) is 141 cm³/mol. The minimum atomic E-state index is -0.633. The van der Waals surface area contributed by atoms with Crippen LogP contribution in [0.5, 0.6) is 5.75 Å². The Balaban J connectivity index is 0.000000257. The van der Waals surface area contributed by atoms with Gasteiger partial charge in [-0.15, -0.1) is 0 Å². The Hall–Kier alpha value is -2.58. The first-order chi connectivity index (χ1) is 15.7. The third kappa shape index (κ3) is 6.06. The molecule has 2 heteroatoms. The molecule has 0 aliphatic heterocycles. The standard InChI is InChI=1S/C19H24O.C12H18O/c1-5-19(6-2,16-9-7-8-14(3)12-16)17-10-11-18(20)15(4)13-17;1-4-12(13,5-2)11-8-6-7-10(3)9-11/h7-13,20H,5-6H2,1-4H3;6-9,13H,4-5H2,1-3H3. The van der Waals surface area contributed by atoms with Crippen molar-refractivity contribution >= 4 is 0 Å². The largest absolute Gasteiger partial charge is 0.508 e. The zero-order chi connectivity index (χ0) is 24.6. The van der Waals surface area contributed by atoms with E-state index >= 15 is 0 Å². The summed E-state index contributed by atoms with van der Waals surface area (Å²) < 4.78 is 0. The van der Waals surface area contributed by atoms with Gasteiger partial charge in [-0.25, -0.2) is 0 Å². The average molecular weight is 447 g/mol. The molecule has 0 fully saturated rings. The average Bonchev–Trinajstić information content (AvgIpc) is 2.82. The molecule has 178 valence electrons. The molecule has 0 saturated heterocycles. The third-order valence-corrected chi connectivity index (χ3v) is 7.25. The maximum atomic E-state index is 10.2. The van der Waals surface area contributed by atoms with E-state index in [1.807, 2.05) is 39.0 Å². The summed E-state index contributed by atoms with van der Waals surface area (Å²) in [5.74, 6) is 0.374. The Morgan fingerprint density at radius 2 is 1.09 bits per heavy atom. The highest BCUT2D eigenvalue weighted by atomic mass is 16.3. The number of aliphatic hydroxyl groups is 1. The lowest BCUT2D eigenvalue weighted by Gasteiger charge is -2.34. The van der Waals surface area contributed by atoms with E-state index in [0.717, 1.165) is 36.8 Å². The van der Waals surface area contributed by atoms with Crippen molar-refractivity contribution in [2.45, 2.75) is 85.2 Å². The highest BCUT2D eigenvalue weighted by molar-refractivity contribution is 5.45. The summed E-state index contributed by atoms with van der Waals surface area (Å²) in [6, 6.07) is 22.9. The van der Waals surface area contributed by atoms with Gasteiger partial charge in [-0.05, 0) is 74.8 Å². The van der Waals surface area contributed by atoms with Crippen molar-refractivity contribution in [1.82, 2.24) is 0 Å². The molecule has 3 aromatic carbocycles. The number of aryl methyl sites for hydroxylation is 3. The van der Waals surface area contributed by atoms with Crippen LogP contribution in [0.2, 0.25) is 0 Å². The summed E-state index contributed by atoms with van der Waals surface area (Å²) >= 11 is 0. The second-order valence-corrected chi connectivity index (χ2v) is 9.27. The molecule has 3 rings (SSSR count). The monoisotopic (exact) mass is 446 g/mol. The number of benzene rings is 3. The van der Waals surface area contributed by atoms with Crippen LogP contribution in [0.1, 0.15) is 86.8 Å². The van der Waals surface area contributed by atoms with E-state index in [2.05, 4.69) is 76.2 Å². The Labute approximate surface area is 201 Å². The first-order valence-corrected chi connectivity index (χ1v) is 12.3. The topological polar surface area (TPSA) is 40.5 Å². The Morgan fingerprint density at radius 3 is 1.55 bits per heavy atom. The van der Waals surface area contributed by atoms with Crippen molar-refractivity contribution < 1.29 is 10.2 Å². The highest BCUT2D eigenvalue weighted by Crippen LogP contribution is 2.40. The maximum absolute atomic E-state index is 10.2. The number of aromatic hydroxyl groups is 1. The van der Waals surface area contributed by atoms with E-state index < -0.39 is 5.60 Å². The van der Waals surface area contributed by atoms with Gasteiger partial charge in [-0.1, -0.05) is 99.5 Å². The smallest absolute Gasteiger partial charge is 0.118 e. The van der Waals surface area contributed by atoms with Gasteiger partial charge >= 0.3 is 0 Å². The number of phenolic OH excluding ortho intramolecular Hbond substituents is 1. The lowest BCUT2D eigenvalue weighted by Crippen LogP contribution is -2.26. The van der Waals surface area contributed by atoms with E-state index in [-0.39, 0.29) is 5.41 Å². The molecule has 0 aromatic heterocycles. The Morgan fingerprint density at radius 1 is 0.606 bits per heavy atom. The molecule has 0 aliphatic rings. The number of rotatable bonds is 7. The van der Waals surface area contributed by atoms with Crippen LogP contribution < -0.4 is 0 Å². The van der Waals surface area contributed by atoms with Crippen LogP contribution >= 0.6 is 0 Å². The van der Waals surface area contributed by atoms with Crippen molar-refractivity contribution in [3.63, 3.8) is 0 Å². The lowest BCUT2D eigenvalue weighted by molar-refractivity contribution is 0.0283. The third-order valence-electron chi connectivity index (χ3n) is 7.25. The van der Waals surface area contributed by atoms with Gasteiger partial charge < -0.3 is 10.2 Å². The number of hydrogen-bond acceptors (Lipinski definition) is 2. The van der Waals surface area contributed by atoms with Crippen molar-refractivity contribution in [2.24, 2.45) is 0 Å². The Bertz CT molecular complexity index is 1030. The van der Waals surface area contributed by atoms with E-state index in [1.165, 1.54) is 22.3 Å². The Kier molecular flexibility index (Phi) is 9.31. The van der Waals surface area contributed by atoms with Crippen LogP contribution in [0, 0.1) is 20.8 Å². The fourth-order valence-electron chi connectivity index (χ4n) is 4.72. The summed E-state index contributed by atoms with van der Waals surface area (Å²) in [4.78, 5) is 0. The quantitative estimate of drug-likeness (QED) is 0.385. The summed E-state index contributed by atoms with van der Waals surface area (Å²) in [5, 5.41) is 20.0. The molecule has 2 N–H and O–H groups in total. The molecule has 0 bridgehead atoms. The van der Waals surface area contributed by atoms with Crippen molar-refractivity contribution in [2.75, 3.05) is 0 Å². The van der Waals surface area contributed by atoms with E-state index in [1.54, 1.807) is 0 Å². The molecular formula is C31H42O2. The van der Waals surface area contributed by atoms with E-state index in [4.69, 9.17) is 0 Å². The fourth-order valence-corrected chi connectivity index (χ4v) is 4.72. The van der Waals surface area contributed by atoms with E-state index in [0.29, 0.717) is 5.75 Å². The molecule has 2 nitrogen and oxygen atoms in total. The molecule has 0 amide bonds. The van der Waals surface area contributed by atoms with Gasteiger partial charge in [0.1, 0.15) is 5.75 Å². The molecule has 0 unspecified atom stereocenters. The van der Waals surface area contributed by atoms with Gasteiger partial charge in [0.15, 0.2) is 0 Å². The van der Waals surface area contributed by atoms with Gasteiger partial charge in [-0.3, -0.25) is 0 Å². The summed E-state index contributed by atoms with van der Waals surface area (Å²) in [6.07, 6.45) is 3.65. The minimum absolute atomic E-state index is 0.0322. The molecule has 33 heavy (non-hydrogen) atoms. The second kappa shape index (κ2) is 11.5. The molecular weight excluding hydrogens is 404 g/mol. The maximum Gasteiger partial charge on any atom is 0.118 e. The van der Waals surface area contributed by atoms with Gasteiger partial charge in [0.05, 0.1) is 5.60 Å². The summed E-state index contributed by atoms with van der Waals surface area (Å²) in [7, 11) is 0. The molecule has 0 spiro atoms. The van der Waals surface area contributed by atoms with Crippen LogP contribution in [0.25, 0.3) is 0 Å². The van der Waals surface area contributed by atoms with Gasteiger partial charge in [0.25, 0.3) is 0 Å². The second-order valence-electron chi connectivity index (χ2n) is 9.27. The highest BCUT2D eigenvalue weighted by Gasteiger charge is 2.31. The zero-order valence-electron chi connectivity index (χ0n) is 21.6. The van der Waals surface area contributed by atoms with E-state index in [9.17, 15) is 10.2 Å². The first kappa shape index (κ1) is 26.7. The first-order valence-electron chi connectivity index (χ1n) is 12.3. The van der Waals surface area contributed by atoms with Gasteiger partial charge in [-0.2, -0.15) is 0 Å². The van der Waals surface area contributed by atoms with Crippen molar-refractivity contribution in [1.29, 1.82) is 0 Å². The minimum Gasteiger partial charge on any atom is -0.508 e. The number of hydrogen-bond donors (Lipinski definition) is 2. The molecule has 0 atom stereocenters. The fraction of sp³-hybridized carbons (Fsp3) is 0.419. The van der Waals surface area contributed by atoms with Crippen LogP contribution in [0.3, 0.4) is 0 Å². The SMILES string of the molecule is CCC(CC)(c1cccc(C)c1)c1ccc(O)c(C)c1.CCC(O)(CC)c1cccc(C)c1. The summed E-state index contributed by atoms with van der Waals surface area (Å²) in [6.45, 7) is 14.7. The normalized spacial score (nSPS) is 11.6. The molecule has 0 heterocycles. The molecule has 0 aliphatic carbocycles. The van der Waals surface area contributed by atoms with Crippen LogP contribution in [-0.2, 0) is 11.0 Å². The lowest BCUT2D eigenvalue weighted by atomic mass is 9.70. The van der Waals surface area contributed by atoms with Crippen LogP contribution in [-0.4, -0.2) is 10.2 Å².